The van der Waals surface area contributed by atoms with Crippen molar-refractivity contribution in [1.82, 2.24) is 0 Å². The van der Waals surface area contributed by atoms with Gasteiger partial charge in [-0.25, -0.2) is 0 Å². The quantitative estimate of drug-likeness (QED) is 0.0195. The summed E-state index contributed by atoms with van der Waals surface area (Å²) in [5.74, 6) is -0.896. The van der Waals surface area contributed by atoms with Crippen LogP contribution >= 0.6 is 7.82 Å². The normalized spacial score (nSPS) is 14.4. The van der Waals surface area contributed by atoms with Gasteiger partial charge < -0.3 is 27.9 Å². The van der Waals surface area contributed by atoms with E-state index in [2.05, 4.69) is 172 Å². The number of carbonyl (C=O) groups is 2. The second-order valence-corrected chi connectivity index (χ2v) is 21.3. The zero-order chi connectivity index (χ0) is 55.6. The molecule has 0 aromatic carbocycles. The topological polar surface area (TPSA) is 111 Å². The van der Waals surface area contributed by atoms with Gasteiger partial charge in [-0.15, -0.1) is 0 Å². The number of unbranched alkanes of at least 4 members (excludes halogenated alkanes) is 11. The van der Waals surface area contributed by atoms with Crippen molar-refractivity contribution in [3.63, 3.8) is 0 Å². The molecule has 10 heteroatoms. The van der Waals surface area contributed by atoms with Crippen LogP contribution in [0.1, 0.15) is 194 Å². The van der Waals surface area contributed by atoms with Gasteiger partial charge in [-0.2, -0.15) is 0 Å². The van der Waals surface area contributed by atoms with Gasteiger partial charge >= 0.3 is 11.9 Å². The molecule has 0 aliphatic carbocycles. The van der Waals surface area contributed by atoms with Crippen LogP contribution < -0.4 is 4.89 Å². The second kappa shape index (κ2) is 55.4. The summed E-state index contributed by atoms with van der Waals surface area (Å²) in [4.78, 5) is 37.9. The Bertz CT molecular complexity index is 1840. The number of nitrogens with zero attached hydrogens (tertiary/aromatic N) is 1. The number of hydrogen-bond donors (Lipinski definition) is 0. The van der Waals surface area contributed by atoms with E-state index in [1.165, 1.54) is 25.7 Å². The van der Waals surface area contributed by atoms with Crippen molar-refractivity contribution in [1.29, 1.82) is 0 Å². The summed E-state index contributed by atoms with van der Waals surface area (Å²) < 4.78 is 34.1. The van der Waals surface area contributed by atoms with Crippen molar-refractivity contribution in [3.8, 4) is 0 Å². The minimum Gasteiger partial charge on any atom is -0.756 e. The lowest BCUT2D eigenvalue weighted by molar-refractivity contribution is -0.870. The van der Waals surface area contributed by atoms with Crippen molar-refractivity contribution in [2.75, 3.05) is 47.5 Å². The Morgan fingerprint density at radius 3 is 1.07 bits per heavy atom. The molecule has 0 aromatic rings. The molecular weight excluding hydrogens is 966 g/mol. The third-order valence-corrected chi connectivity index (χ3v) is 12.5. The molecule has 0 saturated heterocycles. The van der Waals surface area contributed by atoms with Crippen molar-refractivity contribution in [3.05, 3.63) is 158 Å². The number of allylic oxidation sites excluding steroid dienone is 26. The average Bonchev–Trinajstić information content (AvgIpc) is 3.38. The summed E-state index contributed by atoms with van der Waals surface area (Å²) >= 11 is 0. The molecule has 0 N–H and O–H groups in total. The minimum atomic E-state index is -4.66. The number of rotatable bonds is 51. The first-order valence-electron chi connectivity index (χ1n) is 29.2. The van der Waals surface area contributed by atoms with Gasteiger partial charge in [0.25, 0.3) is 7.82 Å². The number of hydrogen-bond acceptors (Lipinski definition) is 8. The fourth-order valence-electron chi connectivity index (χ4n) is 7.11. The Morgan fingerprint density at radius 1 is 0.408 bits per heavy atom. The van der Waals surface area contributed by atoms with E-state index in [1.54, 1.807) is 0 Å². The molecule has 0 spiro atoms. The zero-order valence-corrected chi connectivity index (χ0v) is 49.3. The SMILES string of the molecule is CC/C=C\C/C=C\C/C=C\C/C=C\C/C=C\C/C=C\C/C=C\CCCCCC(=O)OC(COC(=O)CCCCCCCCCC/C=C\C/C=C\C/C=C\C/C=C\C/C=C\C/C=C\CC)COP(=O)([O-])OCC[N+](C)(C)C. The van der Waals surface area contributed by atoms with E-state index in [0.717, 1.165) is 128 Å². The molecule has 2 unspecified atom stereocenters. The van der Waals surface area contributed by atoms with Gasteiger partial charge in [0.2, 0.25) is 0 Å². The summed E-state index contributed by atoms with van der Waals surface area (Å²) in [7, 11) is 1.11. The van der Waals surface area contributed by atoms with Gasteiger partial charge in [0.1, 0.15) is 19.8 Å². The highest BCUT2D eigenvalue weighted by molar-refractivity contribution is 7.45. The number of esters is 2. The molecule has 0 radical (unpaired) electrons. The molecule has 0 saturated carbocycles. The van der Waals surface area contributed by atoms with Crippen molar-refractivity contribution in [2.45, 2.75) is 200 Å². The zero-order valence-electron chi connectivity index (χ0n) is 48.4. The van der Waals surface area contributed by atoms with E-state index in [0.29, 0.717) is 23.9 Å². The van der Waals surface area contributed by atoms with Crippen LogP contribution in [0.5, 0.6) is 0 Å². The van der Waals surface area contributed by atoms with Crippen molar-refractivity contribution < 1.29 is 42.1 Å². The molecule has 2 atom stereocenters. The maximum atomic E-state index is 12.8. The predicted molar refractivity (Wildman–Crippen MR) is 323 cm³/mol. The molecule has 0 amide bonds. The van der Waals surface area contributed by atoms with Crippen LogP contribution in [0.3, 0.4) is 0 Å². The van der Waals surface area contributed by atoms with Crippen LogP contribution in [0, 0.1) is 0 Å². The molecule has 0 fully saturated rings. The van der Waals surface area contributed by atoms with Gasteiger partial charge in [0.15, 0.2) is 6.10 Å². The molecule has 0 rings (SSSR count). The first kappa shape index (κ1) is 71.6. The largest absolute Gasteiger partial charge is 0.756 e. The lowest BCUT2D eigenvalue weighted by atomic mass is 10.1. The molecule has 428 valence electrons. The lowest BCUT2D eigenvalue weighted by Crippen LogP contribution is -2.37. The molecule has 0 aliphatic heterocycles. The Labute approximate surface area is 465 Å². The molecule has 0 aromatic heterocycles. The van der Waals surface area contributed by atoms with Gasteiger partial charge in [-0.05, 0) is 122 Å². The van der Waals surface area contributed by atoms with Crippen molar-refractivity contribution in [2.24, 2.45) is 0 Å². The van der Waals surface area contributed by atoms with E-state index < -0.39 is 32.5 Å². The first-order valence-corrected chi connectivity index (χ1v) is 30.7. The highest BCUT2D eigenvalue weighted by Gasteiger charge is 2.21. The molecule has 0 heterocycles. The van der Waals surface area contributed by atoms with E-state index in [9.17, 15) is 19.0 Å². The van der Waals surface area contributed by atoms with Crippen molar-refractivity contribution >= 4 is 19.8 Å². The Balaban J connectivity index is 4.31. The van der Waals surface area contributed by atoms with Gasteiger partial charge in [-0.3, -0.25) is 14.2 Å². The molecule has 9 nitrogen and oxygen atoms in total. The smallest absolute Gasteiger partial charge is 0.306 e. The van der Waals surface area contributed by atoms with E-state index in [1.807, 2.05) is 21.1 Å². The third-order valence-electron chi connectivity index (χ3n) is 11.5. The number of carbonyl (C=O) groups excluding carboxylic acids is 2. The number of phosphoric acid groups is 1. The van der Waals surface area contributed by atoms with Gasteiger partial charge in [0, 0.05) is 12.8 Å². The number of ether oxygens (including phenoxy) is 2. The number of likely N-dealkylation sites (N-methyl/N-ethyl adjacent to an activating group) is 1. The molecular formula is C66H106NO8P. The average molecular weight is 1070 g/mol. The highest BCUT2D eigenvalue weighted by Crippen LogP contribution is 2.38. The molecule has 76 heavy (non-hydrogen) atoms. The number of quaternary nitrogens is 1. The summed E-state index contributed by atoms with van der Waals surface area (Å²) in [6, 6.07) is 0. The van der Waals surface area contributed by atoms with Gasteiger partial charge in [0.05, 0.1) is 27.7 Å². The standard InChI is InChI=1S/C66H106NO8P/c1-6-8-10-12-14-16-18-20-22-24-26-28-30-32-33-35-36-38-40-42-44-46-48-50-52-54-56-58-65(68)72-62-64(63-74-76(70,71)73-61-60-67(3,4)5)75-66(69)59-57-55-53-51-49-47-45-43-41-39-37-34-31-29-27-25-23-21-19-17-15-13-11-9-7-2/h8-11,14-17,20-23,26-29,32-34,36-38,41,43,47,49,64H,6-7,12-13,18-19,24-25,30-31,35,39-40,42,44-46,48,50-63H2,1-5H3/b10-8-,11-9-,16-14-,17-15-,22-20-,23-21-,28-26-,29-27-,33-32-,37-34-,38-36-,43-41-,49-47-. The van der Waals surface area contributed by atoms with Gasteiger partial charge in [-0.1, -0.05) is 217 Å². The predicted octanol–water partition coefficient (Wildman–Crippen LogP) is 17.8. The maximum absolute atomic E-state index is 12.8. The van der Waals surface area contributed by atoms with Crippen LogP contribution in [0.4, 0.5) is 0 Å². The molecule has 0 bridgehead atoms. The Morgan fingerprint density at radius 2 is 0.711 bits per heavy atom. The highest BCUT2D eigenvalue weighted by atomic mass is 31.2. The summed E-state index contributed by atoms with van der Waals surface area (Å²) in [6.45, 7) is 3.93. The van der Waals surface area contributed by atoms with Crippen LogP contribution in [0.15, 0.2) is 158 Å². The molecule has 0 aliphatic rings. The minimum absolute atomic E-state index is 0.0491. The first-order chi connectivity index (χ1) is 37.0. The van der Waals surface area contributed by atoms with E-state index >= 15 is 0 Å². The van der Waals surface area contributed by atoms with E-state index in [-0.39, 0.29) is 26.1 Å². The van der Waals surface area contributed by atoms with Crippen LogP contribution in [-0.4, -0.2) is 70.0 Å². The van der Waals surface area contributed by atoms with Crippen LogP contribution in [-0.2, 0) is 32.7 Å². The maximum Gasteiger partial charge on any atom is 0.306 e. The number of phosphoric ester groups is 1. The fraction of sp³-hybridized carbons (Fsp3) is 0.576. The second-order valence-electron chi connectivity index (χ2n) is 19.9. The summed E-state index contributed by atoms with van der Waals surface area (Å²) in [5.41, 5.74) is 0. The fourth-order valence-corrected chi connectivity index (χ4v) is 7.84. The van der Waals surface area contributed by atoms with Crippen LogP contribution in [0.2, 0.25) is 0 Å². The van der Waals surface area contributed by atoms with Crippen LogP contribution in [0.25, 0.3) is 0 Å². The summed E-state index contributed by atoms with van der Waals surface area (Å²) in [6.07, 6.45) is 82.8. The Kier molecular flexibility index (Phi) is 52.2. The summed E-state index contributed by atoms with van der Waals surface area (Å²) in [5, 5.41) is 0. The lowest BCUT2D eigenvalue weighted by Gasteiger charge is -2.28. The Hall–Kier alpha value is -4.37. The monoisotopic (exact) mass is 1070 g/mol. The van der Waals surface area contributed by atoms with E-state index in [4.69, 9.17) is 18.5 Å². The third kappa shape index (κ3) is 58.9.